The molecule has 4 heterocycles. The number of hydrogen-bond acceptors (Lipinski definition) is 6. The first-order valence-corrected chi connectivity index (χ1v) is 11.3. The van der Waals surface area contributed by atoms with Gasteiger partial charge in [0, 0.05) is 50.0 Å². The van der Waals surface area contributed by atoms with Crippen LogP contribution in [0.15, 0.2) is 30.7 Å². The van der Waals surface area contributed by atoms with E-state index in [1.807, 2.05) is 18.5 Å². The third-order valence-electron chi connectivity index (χ3n) is 6.41. The Hall–Kier alpha value is -2.67. The molecule has 0 atom stereocenters. The summed E-state index contributed by atoms with van der Waals surface area (Å²) in [4.78, 5) is 16.5. The summed E-state index contributed by atoms with van der Waals surface area (Å²) in [7, 11) is 0. The maximum Gasteiger partial charge on any atom is 0.230 e. The highest BCUT2D eigenvalue weighted by atomic mass is 15.2. The van der Waals surface area contributed by atoms with Crippen LogP contribution in [0.1, 0.15) is 57.1 Å². The number of nitrogens with zero attached hydrogens (tertiary/aromatic N) is 5. The molecule has 0 unspecified atom stereocenters. The van der Waals surface area contributed by atoms with Crippen LogP contribution in [0.3, 0.4) is 0 Å². The number of nitrogens with one attached hydrogen (secondary N) is 2. The summed E-state index contributed by atoms with van der Waals surface area (Å²) in [6.07, 6.45) is 11.3. The Morgan fingerprint density at radius 2 is 1.87 bits per heavy atom. The number of fused-ring (bicyclic) bond motifs is 1. The van der Waals surface area contributed by atoms with Crippen molar-refractivity contribution in [3.05, 3.63) is 36.3 Å². The molecular formula is C23H31N7. The van der Waals surface area contributed by atoms with Gasteiger partial charge in [0.1, 0.15) is 11.5 Å². The van der Waals surface area contributed by atoms with Crippen LogP contribution in [0.2, 0.25) is 0 Å². The Morgan fingerprint density at radius 1 is 1.07 bits per heavy atom. The first-order chi connectivity index (χ1) is 14.7. The van der Waals surface area contributed by atoms with Crippen molar-refractivity contribution >= 4 is 28.5 Å². The van der Waals surface area contributed by atoms with Crippen molar-refractivity contribution in [2.45, 2.75) is 51.5 Å². The summed E-state index contributed by atoms with van der Waals surface area (Å²) in [6.45, 7) is 8.56. The fraction of sp³-hybridized carbons (Fsp3) is 0.522. The molecule has 0 amide bonds. The molecule has 2 fully saturated rings. The van der Waals surface area contributed by atoms with E-state index in [4.69, 9.17) is 4.98 Å². The molecule has 0 aromatic carbocycles. The Kier molecular flexibility index (Phi) is 5.29. The SMILES string of the molecule is CC(C)c1cn(C2CCCC2)c2nc(Nc3ccc(N4CCNCC4)cn3)ncc12. The summed E-state index contributed by atoms with van der Waals surface area (Å²) < 4.78 is 2.39. The van der Waals surface area contributed by atoms with Gasteiger partial charge < -0.3 is 20.1 Å². The third kappa shape index (κ3) is 3.74. The Balaban J connectivity index is 1.41. The number of pyridine rings is 1. The largest absolute Gasteiger partial charge is 0.368 e. The summed E-state index contributed by atoms with van der Waals surface area (Å²) in [6, 6.07) is 4.69. The summed E-state index contributed by atoms with van der Waals surface area (Å²) in [5.74, 6) is 1.84. The van der Waals surface area contributed by atoms with Crippen molar-refractivity contribution in [1.82, 2.24) is 24.8 Å². The second kappa shape index (κ2) is 8.22. The second-order valence-electron chi connectivity index (χ2n) is 8.78. The topological polar surface area (TPSA) is 70.9 Å². The zero-order chi connectivity index (χ0) is 20.5. The van der Waals surface area contributed by atoms with Crippen molar-refractivity contribution in [1.29, 1.82) is 0 Å². The first kappa shape index (κ1) is 19.3. The highest BCUT2D eigenvalue weighted by Crippen LogP contribution is 2.36. The van der Waals surface area contributed by atoms with Gasteiger partial charge in [0.25, 0.3) is 0 Å². The van der Waals surface area contributed by atoms with Gasteiger partial charge in [-0.25, -0.2) is 9.97 Å². The molecule has 1 aliphatic carbocycles. The predicted molar refractivity (Wildman–Crippen MR) is 122 cm³/mol. The molecule has 158 valence electrons. The molecule has 1 saturated carbocycles. The van der Waals surface area contributed by atoms with Gasteiger partial charge in [0.2, 0.25) is 5.95 Å². The van der Waals surface area contributed by atoms with E-state index < -0.39 is 0 Å². The van der Waals surface area contributed by atoms with Crippen LogP contribution in [-0.2, 0) is 0 Å². The van der Waals surface area contributed by atoms with Crippen LogP contribution < -0.4 is 15.5 Å². The van der Waals surface area contributed by atoms with E-state index in [0.717, 1.165) is 43.3 Å². The minimum absolute atomic E-state index is 0.455. The fourth-order valence-electron chi connectivity index (χ4n) is 4.72. The molecule has 7 nitrogen and oxygen atoms in total. The predicted octanol–water partition coefficient (Wildman–Crippen LogP) is 4.22. The van der Waals surface area contributed by atoms with Gasteiger partial charge in [-0.05, 0) is 36.5 Å². The molecule has 1 aliphatic heterocycles. The van der Waals surface area contributed by atoms with E-state index in [-0.39, 0.29) is 0 Å². The number of anilines is 3. The fourth-order valence-corrected chi connectivity index (χ4v) is 4.72. The average molecular weight is 406 g/mol. The van der Waals surface area contributed by atoms with E-state index in [9.17, 15) is 0 Å². The number of hydrogen-bond donors (Lipinski definition) is 2. The molecule has 7 heteroatoms. The van der Waals surface area contributed by atoms with Gasteiger partial charge in [-0.2, -0.15) is 4.98 Å². The number of aromatic nitrogens is 4. The Bertz CT molecular complexity index is 996. The van der Waals surface area contributed by atoms with Crippen LogP contribution in [0, 0.1) is 0 Å². The molecular weight excluding hydrogens is 374 g/mol. The lowest BCUT2D eigenvalue weighted by molar-refractivity contribution is 0.530. The van der Waals surface area contributed by atoms with Crippen molar-refractivity contribution in [2.75, 3.05) is 36.4 Å². The zero-order valence-corrected chi connectivity index (χ0v) is 17.9. The van der Waals surface area contributed by atoms with Crippen molar-refractivity contribution in [3.63, 3.8) is 0 Å². The Labute approximate surface area is 177 Å². The summed E-state index contributed by atoms with van der Waals surface area (Å²) >= 11 is 0. The van der Waals surface area contributed by atoms with Crippen LogP contribution >= 0.6 is 0 Å². The summed E-state index contributed by atoms with van der Waals surface area (Å²) in [5.41, 5.74) is 3.54. The lowest BCUT2D eigenvalue weighted by atomic mass is 10.1. The number of piperazine rings is 1. The van der Waals surface area contributed by atoms with Crippen molar-refractivity contribution in [3.8, 4) is 0 Å². The van der Waals surface area contributed by atoms with E-state index in [1.54, 1.807) is 0 Å². The molecule has 5 rings (SSSR count). The molecule has 30 heavy (non-hydrogen) atoms. The summed E-state index contributed by atoms with van der Waals surface area (Å²) in [5, 5.41) is 7.86. The minimum Gasteiger partial charge on any atom is -0.368 e. The van der Waals surface area contributed by atoms with Crippen LogP contribution in [0.4, 0.5) is 17.5 Å². The lowest BCUT2D eigenvalue weighted by Crippen LogP contribution is -2.43. The standard InChI is InChI=1S/C23H31N7/c1-16(2)20-15-30(17-5-3-4-6-17)22-19(20)14-26-23(28-22)27-21-8-7-18(13-25-21)29-11-9-24-10-12-29/h7-8,13-17,24H,3-6,9-12H2,1-2H3,(H,25,26,27,28). The second-order valence-corrected chi connectivity index (χ2v) is 8.78. The highest BCUT2D eigenvalue weighted by molar-refractivity contribution is 5.81. The molecule has 0 bridgehead atoms. The van der Waals surface area contributed by atoms with Gasteiger partial charge in [-0.15, -0.1) is 0 Å². The van der Waals surface area contributed by atoms with E-state index in [2.05, 4.69) is 56.2 Å². The molecule has 2 N–H and O–H groups in total. The number of rotatable bonds is 5. The van der Waals surface area contributed by atoms with Gasteiger partial charge in [0.05, 0.1) is 11.9 Å². The smallest absolute Gasteiger partial charge is 0.230 e. The van der Waals surface area contributed by atoms with Crippen LogP contribution in [0.25, 0.3) is 11.0 Å². The third-order valence-corrected chi connectivity index (χ3v) is 6.41. The van der Waals surface area contributed by atoms with Crippen LogP contribution in [-0.4, -0.2) is 45.7 Å². The van der Waals surface area contributed by atoms with Gasteiger partial charge in [-0.1, -0.05) is 26.7 Å². The quantitative estimate of drug-likeness (QED) is 0.662. The van der Waals surface area contributed by atoms with Crippen LogP contribution in [0.5, 0.6) is 0 Å². The van der Waals surface area contributed by atoms with Gasteiger partial charge in [0.15, 0.2) is 0 Å². The monoisotopic (exact) mass is 405 g/mol. The minimum atomic E-state index is 0.455. The first-order valence-electron chi connectivity index (χ1n) is 11.3. The molecule has 0 radical (unpaired) electrons. The van der Waals surface area contributed by atoms with Gasteiger partial charge >= 0.3 is 0 Å². The van der Waals surface area contributed by atoms with Crippen molar-refractivity contribution in [2.24, 2.45) is 0 Å². The lowest BCUT2D eigenvalue weighted by Gasteiger charge is -2.29. The van der Waals surface area contributed by atoms with Gasteiger partial charge in [-0.3, -0.25) is 0 Å². The van der Waals surface area contributed by atoms with E-state index in [1.165, 1.54) is 36.6 Å². The highest BCUT2D eigenvalue weighted by Gasteiger charge is 2.22. The maximum atomic E-state index is 4.91. The van der Waals surface area contributed by atoms with E-state index in [0.29, 0.717) is 17.9 Å². The molecule has 0 spiro atoms. The average Bonchev–Trinajstić information content (AvgIpc) is 3.42. The normalized spacial score (nSPS) is 17.9. The zero-order valence-electron chi connectivity index (χ0n) is 17.9. The molecule has 2 aliphatic rings. The molecule has 3 aromatic rings. The Morgan fingerprint density at radius 3 is 2.57 bits per heavy atom. The molecule has 1 saturated heterocycles. The van der Waals surface area contributed by atoms with E-state index >= 15 is 0 Å². The van der Waals surface area contributed by atoms with Crippen molar-refractivity contribution < 1.29 is 0 Å². The molecule has 3 aromatic heterocycles. The maximum absolute atomic E-state index is 4.91.